The summed E-state index contributed by atoms with van der Waals surface area (Å²) in [5.74, 6) is 0.814. The van der Waals surface area contributed by atoms with Crippen LogP contribution in [0, 0.1) is 0 Å². The van der Waals surface area contributed by atoms with Crippen molar-refractivity contribution in [2.24, 2.45) is 10.9 Å². The molecule has 4 heteroatoms. The van der Waals surface area contributed by atoms with E-state index in [1.54, 1.807) is 24.3 Å². The molecule has 1 rings (SSSR count). The van der Waals surface area contributed by atoms with Crippen LogP contribution in [0.2, 0.25) is 0 Å². The van der Waals surface area contributed by atoms with Gasteiger partial charge >= 0.3 is 0 Å². The van der Waals surface area contributed by atoms with Crippen LogP contribution in [0.15, 0.2) is 41.6 Å². The number of nitrogens with two attached hydrogens (primary N) is 1. The zero-order valence-corrected chi connectivity index (χ0v) is 8.60. The third-order valence-electron chi connectivity index (χ3n) is 1.74. The molecule has 4 nitrogen and oxygen atoms in total. The fraction of sp³-hybridized carbons (Fsp3) is 0.182. The lowest BCUT2D eigenvalue weighted by Crippen LogP contribution is -2.12. The van der Waals surface area contributed by atoms with Crippen molar-refractivity contribution < 1.29 is 9.94 Å². The molecule has 0 aliphatic heterocycles. The third-order valence-corrected chi connectivity index (χ3v) is 1.74. The number of hydrogen-bond acceptors (Lipinski definition) is 3. The zero-order chi connectivity index (χ0) is 11.3. The summed E-state index contributed by atoms with van der Waals surface area (Å²) in [4.78, 5) is 0. The van der Waals surface area contributed by atoms with E-state index in [1.165, 1.54) is 0 Å². The average Bonchev–Trinajstić information content (AvgIpc) is 2.26. The van der Waals surface area contributed by atoms with Crippen molar-refractivity contribution >= 4 is 5.84 Å². The van der Waals surface area contributed by atoms with E-state index in [9.17, 15) is 0 Å². The average molecular weight is 206 g/mol. The summed E-state index contributed by atoms with van der Waals surface area (Å²) in [5, 5.41) is 11.4. The summed E-state index contributed by atoms with van der Waals surface area (Å²) in [6, 6.07) is 6.97. The van der Waals surface area contributed by atoms with Gasteiger partial charge in [0.1, 0.15) is 12.4 Å². The Morgan fingerprint density at radius 3 is 2.53 bits per heavy atom. The quantitative estimate of drug-likeness (QED) is 0.259. The van der Waals surface area contributed by atoms with Gasteiger partial charge in [0, 0.05) is 5.56 Å². The molecule has 1 aromatic carbocycles. The van der Waals surface area contributed by atoms with Crippen LogP contribution in [-0.4, -0.2) is 17.6 Å². The predicted molar refractivity (Wildman–Crippen MR) is 59.3 cm³/mol. The number of rotatable bonds is 4. The molecule has 0 saturated heterocycles. The maximum absolute atomic E-state index is 8.45. The number of ether oxygens (including phenoxy) is 1. The summed E-state index contributed by atoms with van der Waals surface area (Å²) in [6.45, 7) is 6.11. The topological polar surface area (TPSA) is 67.8 Å². The molecular weight excluding hydrogens is 192 g/mol. The Morgan fingerprint density at radius 1 is 1.47 bits per heavy atom. The van der Waals surface area contributed by atoms with Crippen LogP contribution in [0.1, 0.15) is 12.5 Å². The van der Waals surface area contributed by atoms with Crippen molar-refractivity contribution in [2.75, 3.05) is 6.61 Å². The fourth-order valence-corrected chi connectivity index (χ4v) is 0.986. The summed E-state index contributed by atoms with van der Waals surface area (Å²) in [6.07, 6.45) is 0. The smallest absolute Gasteiger partial charge is 0.170 e. The molecule has 0 atom stereocenters. The van der Waals surface area contributed by atoms with Gasteiger partial charge in [0.05, 0.1) is 0 Å². The number of amidine groups is 1. The Hall–Kier alpha value is -1.97. The highest BCUT2D eigenvalue weighted by atomic mass is 16.5. The molecule has 0 aliphatic rings. The van der Waals surface area contributed by atoms with E-state index in [0.717, 1.165) is 11.3 Å². The standard InChI is InChI=1S/C11H14N2O2/c1-8(2)7-15-10-5-3-9(4-6-10)11(12)13-14/h3-6,14H,1,7H2,2H3,(H2,12,13). The maximum Gasteiger partial charge on any atom is 0.170 e. The molecule has 0 radical (unpaired) electrons. The van der Waals surface area contributed by atoms with E-state index in [0.29, 0.717) is 12.2 Å². The maximum atomic E-state index is 8.45. The first-order valence-electron chi connectivity index (χ1n) is 4.48. The lowest BCUT2D eigenvalue weighted by atomic mass is 10.2. The normalized spacial score (nSPS) is 11.1. The van der Waals surface area contributed by atoms with Gasteiger partial charge in [-0.05, 0) is 36.8 Å². The fourth-order valence-electron chi connectivity index (χ4n) is 0.986. The second-order valence-corrected chi connectivity index (χ2v) is 3.26. The molecule has 0 unspecified atom stereocenters. The largest absolute Gasteiger partial charge is 0.489 e. The van der Waals surface area contributed by atoms with Crippen molar-refractivity contribution in [3.8, 4) is 5.75 Å². The van der Waals surface area contributed by atoms with Gasteiger partial charge in [-0.1, -0.05) is 11.7 Å². The van der Waals surface area contributed by atoms with Crippen molar-refractivity contribution in [3.63, 3.8) is 0 Å². The van der Waals surface area contributed by atoms with Gasteiger partial charge in [0.25, 0.3) is 0 Å². The highest BCUT2D eigenvalue weighted by molar-refractivity contribution is 5.97. The molecule has 0 spiro atoms. The van der Waals surface area contributed by atoms with Crippen LogP contribution < -0.4 is 10.5 Å². The second kappa shape index (κ2) is 5.05. The summed E-state index contributed by atoms with van der Waals surface area (Å²) >= 11 is 0. The molecule has 0 amide bonds. The highest BCUT2D eigenvalue weighted by Gasteiger charge is 1.99. The van der Waals surface area contributed by atoms with Gasteiger partial charge in [-0.3, -0.25) is 0 Å². The number of benzene rings is 1. The van der Waals surface area contributed by atoms with Crippen molar-refractivity contribution in [3.05, 3.63) is 42.0 Å². The Morgan fingerprint density at radius 2 is 2.07 bits per heavy atom. The first-order chi connectivity index (χ1) is 7.13. The first kappa shape index (κ1) is 11.1. The SMILES string of the molecule is C=C(C)COc1ccc(/C(N)=N\O)cc1. The molecule has 0 aromatic heterocycles. The van der Waals surface area contributed by atoms with Gasteiger partial charge in [0.2, 0.25) is 0 Å². The predicted octanol–water partition coefficient (Wildman–Crippen LogP) is 1.74. The summed E-state index contributed by atoms with van der Waals surface area (Å²) in [5.41, 5.74) is 7.02. The van der Waals surface area contributed by atoms with Crippen LogP contribution in [0.25, 0.3) is 0 Å². The van der Waals surface area contributed by atoms with Gasteiger partial charge in [-0.25, -0.2) is 0 Å². The van der Waals surface area contributed by atoms with E-state index < -0.39 is 0 Å². The molecule has 0 bridgehead atoms. The summed E-state index contributed by atoms with van der Waals surface area (Å²) < 4.78 is 5.39. The lowest BCUT2D eigenvalue weighted by molar-refractivity contribution is 0.318. The van der Waals surface area contributed by atoms with Crippen LogP contribution in [0.3, 0.4) is 0 Å². The van der Waals surface area contributed by atoms with Crippen molar-refractivity contribution in [1.29, 1.82) is 0 Å². The van der Waals surface area contributed by atoms with Gasteiger partial charge < -0.3 is 15.7 Å². The van der Waals surface area contributed by atoms with Crippen LogP contribution in [-0.2, 0) is 0 Å². The van der Waals surface area contributed by atoms with Gasteiger partial charge in [-0.15, -0.1) is 0 Å². The summed E-state index contributed by atoms with van der Waals surface area (Å²) in [7, 11) is 0. The lowest BCUT2D eigenvalue weighted by Gasteiger charge is -2.06. The molecule has 80 valence electrons. The van der Waals surface area contributed by atoms with E-state index in [4.69, 9.17) is 15.7 Å². The molecule has 15 heavy (non-hydrogen) atoms. The minimum absolute atomic E-state index is 0.0847. The Kier molecular flexibility index (Phi) is 3.74. The molecule has 3 N–H and O–H groups in total. The monoisotopic (exact) mass is 206 g/mol. The number of oxime groups is 1. The Balaban J connectivity index is 2.68. The van der Waals surface area contributed by atoms with Gasteiger partial charge in [-0.2, -0.15) is 0 Å². The molecule has 0 fully saturated rings. The first-order valence-corrected chi connectivity index (χ1v) is 4.48. The van der Waals surface area contributed by atoms with Crippen LogP contribution in [0.4, 0.5) is 0 Å². The molecule has 0 aliphatic carbocycles. The van der Waals surface area contributed by atoms with E-state index >= 15 is 0 Å². The van der Waals surface area contributed by atoms with Crippen LogP contribution >= 0.6 is 0 Å². The van der Waals surface area contributed by atoms with Crippen molar-refractivity contribution in [2.45, 2.75) is 6.92 Å². The highest BCUT2D eigenvalue weighted by Crippen LogP contribution is 2.12. The third kappa shape index (κ3) is 3.34. The van der Waals surface area contributed by atoms with Crippen molar-refractivity contribution in [1.82, 2.24) is 0 Å². The van der Waals surface area contributed by atoms with Gasteiger partial charge in [0.15, 0.2) is 5.84 Å². The van der Waals surface area contributed by atoms with E-state index in [-0.39, 0.29) is 5.84 Å². The minimum Gasteiger partial charge on any atom is -0.489 e. The molecular formula is C11H14N2O2. The molecule has 0 saturated carbocycles. The Labute approximate surface area is 88.7 Å². The second-order valence-electron chi connectivity index (χ2n) is 3.26. The molecule has 0 heterocycles. The zero-order valence-electron chi connectivity index (χ0n) is 8.60. The number of nitrogens with zero attached hydrogens (tertiary/aromatic N) is 1. The van der Waals surface area contributed by atoms with E-state index in [1.807, 2.05) is 6.92 Å². The van der Waals surface area contributed by atoms with E-state index in [2.05, 4.69) is 11.7 Å². The van der Waals surface area contributed by atoms with Crippen LogP contribution in [0.5, 0.6) is 5.75 Å². The minimum atomic E-state index is 0.0847. The molecule has 1 aromatic rings. The number of hydrogen-bond donors (Lipinski definition) is 2. The Bertz CT molecular complexity index is 369.